The van der Waals surface area contributed by atoms with Crippen LogP contribution in [0.1, 0.15) is 29.3 Å². The molecule has 116 valence electrons. The normalized spacial score (nSPS) is 12.3. The summed E-state index contributed by atoms with van der Waals surface area (Å²) < 4.78 is 37.5. The maximum absolute atomic E-state index is 12.5. The molecule has 5 nitrogen and oxygen atoms in total. The SMILES string of the molecule is CCCN(CC(F)(F)F)C(=O)c1cccc(C(N)=NO)c1. The van der Waals surface area contributed by atoms with Gasteiger partial charge >= 0.3 is 6.18 Å². The molecule has 0 aliphatic rings. The fourth-order valence-electron chi connectivity index (χ4n) is 1.79. The molecule has 8 heteroatoms. The van der Waals surface area contributed by atoms with Crippen LogP contribution >= 0.6 is 0 Å². The van der Waals surface area contributed by atoms with Crippen molar-refractivity contribution in [2.75, 3.05) is 13.1 Å². The van der Waals surface area contributed by atoms with Crippen LogP contribution in [0.2, 0.25) is 0 Å². The van der Waals surface area contributed by atoms with E-state index < -0.39 is 18.6 Å². The maximum atomic E-state index is 12.5. The van der Waals surface area contributed by atoms with Gasteiger partial charge in [0, 0.05) is 17.7 Å². The first-order valence-electron chi connectivity index (χ1n) is 6.22. The van der Waals surface area contributed by atoms with Gasteiger partial charge in [-0.2, -0.15) is 13.2 Å². The van der Waals surface area contributed by atoms with Gasteiger partial charge in [-0.05, 0) is 18.6 Å². The number of benzene rings is 1. The Morgan fingerprint density at radius 2 is 2.00 bits per heavy atom. The van der Waals surface area contributed by atoms with Gasteiger partial charge in [-0.15, -0.1) is 0 Å². The zero-order chi connectivity index (χ0) is 16.0. The van der Waals surface area contributed by atoms with E-state index in [0.29, 0.717) is 6.42 Å². The number of nitrogens with zero attached hydrogens (tertiary/aromatic N) is 2. The molecule has 0 bridgehead atoms. The van der Waals surface area contributed by atoms with Crippen LogP contribution in [-0.4, -0.2) is 41.1 Å². The van der Waals surface area contributed by atoms with Gasteiger partial charge in [-0.25, -0.2) is 0 Å². The van der Waals surface area contributed by atoms with Gasteiger partial charge in [0.05, 0.1) is 0 Å². The highest BCUT2D eigenvalue weighted by Crippen LogP contribution is 2.19. The van der Waals surface area contributed by atoms with E-state index in [1.54, 1.807) is 6.92 Å². The van der Waals surface area contributed by atoms with Crippen molar-refractivity contribution < 1.29 is 23.2 Å². The van der Waals surface area contributed by atoms with E-state index in [1.807, 2.05) is 0 Å². The highest BCUT2D eigenvalue weighted by Gasteiger charge is 2.33. The molecule has 1 rings (SSSR count). The van der Waals surface area contributed by atoms with Crippen molar-refractivity contribution in [1.82, 2.24) is 4.90 Å². The van der Waals surface area contributed by atoms with E-state index in [0.717, 1.165) is 4.90 Å². The van der Waals surface area contributed by atoms with Crippen LogP contribution in [0.15, 0.2) is 29.4 Å². The number of alkyl halides is 3. The van der Waals surface area contributed by atoms with Crippen LogP contribution in [0.3, 0.4) is 0 Å². The molecule has 0 atom stereocenters. The molecule has 0 fully saturated rings. The summed E-state index contributed by atoms with van der Waals surface area (Å²) in [5.74, 6) is -0.968. The fraction of sp³-hybridized carbons (Fsp3) is 0.385. The minimum Gasteiger partial charge on any atom is -0.409 e. The number of rotatable bonds is 5. The number of amides is 1. The minimum absolute atomic E-state index is 0.00780. The molecule has 0 spiro atoms. The lowest BCUT2D eigenvalue weighted by atomic mass is 10.1. The molecule has 0 saturated heterocycles. The number of amidine groups is 1. The summed E-state index contributed by atoms with van der Waals surface area (Å²) in [5, 5.41) is 11.4. The molecule has 0 heterocycles. The summed E-state index contributed by atoms with van der Waals surface area (Å²) in [6, 6.07) is 5.62. The van der Waals surface area contributed by atoms with Crippen molar-refractivity contribution in [3.05, 3.63) is 35.4 Å². The fourth-order valence-corrected chi connectivity index (χ4v) is 1.79. The monoisotopic (exact) mass is 303 g/mol. The molecular weight excluding hydrogens is 287 g/mol. The van der Waals surface area contributed by atoms with Gasteiger partial charge < -0.3 is 15.8 Å². The standard InChI is InChI=1S/C13H16F3N3O2/c1-2-6-19(8-13(14,15)16)12(20)10-5-3-4-9(7-10)11(17)18-21/h3-5,7,21H,2,6,8H2,1H3,(H2,17,18). The molecule has 0 aromatic heterocycles. The molecule has 0 radical (unpaired) electrons. The Morgan fingerprint density at radius 1 is 1.38 bits per heavy atom. The van der Waals surface area contributed by atoms with E-state index in [2.05, 4.69) is 5.16 Å². The average Bonchev–Trinajstić information content (AvgIpc) is 2.44. The zero-order valence-electron chi connectivity index (χ0n) is 11.4. The van der Waals surface area contributed by atoms with E-state index >= 15 is 0 Å². The number of oxime groups is 1. The second kappa shape index (κ2) is 6.96. The predicted octanol–water partition coefficient (Wildman–Crippen LogP) is 2.20. The lowest BCUT2D eigenvalue weighted by Gasteiger charge is -2.23. The first-order valence-corrected chi connectivity index (χ1v) is 6.22. The van der Waals surface area contributed by atoms with E-state index in [4.69, 9.17) is 10.9 Å². The van der Waals surface area contributed by atoms with E-state index in [1.165, 1.54) is 24.3 Å². The third kappa shape index (κ3) is 4.97. The van der Waals surface area contributed by atoms with Crippen LogP contribution in [0.25, 0.3) is 0 Å². The van der Waals surface area contributed by atoms with Crippen molar-refractivity contribution in [3.63, 3.8) is 0 Å². The van der Waals surface area contributed by atoms with Gasteiger partial charge in [-0.1, -0.05) is 24.2 Å². The average molecular weight is 303 g/mol. The predicted molar refractivity (Wildman–Crippen MR) is 71.2 cm³/mol. The molecule has 1 aromatic carbocycles. The molecule has 1 aromatic rings. The molecule has 1 amide bonds. The largest absolute Gasteiger partial charge is 0.409 e. The summed E-state index contributed by atoms with van der Waals surface area (Å²) in [6.45, 7) is 0.364. The Bertz CT molecular complexity index is 530. The Labute approximate surface area is 119 Å². The molecule has 0 saturated carbocycles. The van der Waals surface area contributed by atoms with Crippen molar-refractivity contribution in [2.45, 2.75) is 19.5 Å². The number of carbonyl (C=O) groups excluding carboxylic acids is 1. The smallest absolute Gasteiger partial charge is 0.406 e. The molecule has 3 N–H and O–H groups in total. The Balaban J connectivity index is 3.03. The molecule has 0 unspecified atom stereocenters. The van der Waals surface area contributed by atoms with Gasteiger partial charge in [0.2, 0.25) is 0 Å². The first-order chi connectivity index (χ1) is 9.78. The minimum atomic E-state index is -4.46. The van der Waals surface area contributed by atoms with Crippen LogP contribution in [0, 0.1) is 0 Å². The number of nitrogens with two attached hydrogens (primary N) is 1. The van der Waals surface area contributed by atoms with Gasteiger partial charge in [0.25, 0.3) is 5.91 Å². The van der Waals surface area contributed by atoms with Crippen LogP contribution in [0.5, 0.6) is 0 Å². The molecule has 0 aliphatic heterocycles. The highest BCUT2D eigenvalue weighted by atomic mass is 19.4. The van der Waals surface area contributed by atoms with Gasteiger partial charge in [0.15, 0.2) is 5.84 Å². The third-order valence-electron chi connectivity index (χ3n) is 2.66. The van der Waals surface area contributed by atoms with Crippen LogP contribution in [0.4, 0.5) is 13.2 Å². The zero-order valence-corrected chi connectivity index (χ0v) is 11.4. The molecule has 0 aliphatic carbocycles. The second-order valence-electron chi connectivity index (χ2n) is 4.41. The summed E-state index contributed by atoms with van der Waals surface area (Å²) in [7, 11) is 0. The van der Waals surface area contributed by atoms with Gasteiger partial charge in [0.1, 0.15) is 6.54 Å². The summed E-state index contributed by atoms with van der Waals surface area (Å²) in [4.78, 5) is 12.9. The van der Waals surface area contributed by atoms with Crippen molar-refractivity contribution in [1.29, 1.82) is 0 Å². The summed E-state index contributed by atoms with van der Waals surface area (Å²) >= 11 is 0. The maximum Gasteiger partial charge on any atom is 0.406 e. The van der Waals surface area contributed by atoms with Crippen LogP contribution < -0.4 is 5.73 Å². The summed E-state index contributed by atoms with van der Waals surface area (Å²) in [6.07, 6.45) is -4.06. The lowest BCUT2D eigenvalue weighted by Crippen LogP contribution is -2.39. The van der Waals surface area contributed by atoms with E-state index in [-0.39, 0.29) is 23.5 Å². The van der Waals surface area contributed by atoms with Crippen LogP contribution in [-0.2, 0) is 0 Å². The molecule has 21 heavy (non-hydrogen) atoms. The second-order valence-corrected chi connectivity index (χ2v) is 4.41. The number of halogens is 3. The summed E-state index contributed by atoms with van der Waals surface area (Å²) in [5.41, 5.74) is 5.70. The van der Waals surface area contributed by atoms with Gasteiger partial charge in [-0.3, -0.25) is 4.79 Å². The van der Waals surface area contributed by atoms with Crippen molar-refractivity contribution in [3.8, 4) is 0 Å². The Hall–Kier alpha value is -2.25. The number of carbonyl (C=O) groups is 1. The quantitative estimate of drug-likeness (QED) is 0.379. The highest BCUT2D eigenvalue weighted by molar-refractivity contribution is 6.01. The van der Waals surface area contributed by atoms with Crippen molar-refractivity contribution >= 4 is 11.7 Å². The topological polar surface area (TPSA) is 78.9 Å². The number of hydrogen-bond donors (Lipinski definition) is 2. The van der Waals surface area contributed by atoms with Crippen molar-refractivity contribution in [2.24, 2.45) is 10.9 Å². The molecular formula is C13H16F3N3O2. The first kappa shape index (κ1) is 16.8. The lowest BCUT2D eigenvalue weighted by molar-refractivity contribution is -0.140. The van der Waals surface area contributed by atoms with E-state index in [9.17, 15) is 18.0 Å². The number of hydrogen-bond acceptors (Lipinski definition) is 3. The Morgan fingerprint density at radius 3 is 2.52 bits per heavy atom. The Kier molecular flexibility index (Phi) is 5.57. The third-order valence-corrected chi connectivity index (χ3v) is 2.66.